The number of aliphatic imine (C=N–C) groups is 1. The molecule has 0 amide bonds. The summed E-state index contributed by atoms with van der Waals surface area (Å²) in [6.07, 6.45) is 4.21. The van der Waals surface area contributed by atoms with Crippen molar-refractivity contribution in [1.82, 2.24) is 15.6 Å². The van der Waals surface area contributed by atoms with Gasteiger partial charge in [0.15, 0.2) is 5.96 Å². The number of nitrogens with one attached hydrogen (secondary N) is 3. The predicted octanol–water partition coefficient (Wildman–Crippen LogP) is 2.30. The summed E-state index contributed by atoms with van der Waals surface area (Å²) in [5.74, 6) is 0.823. The number of guanidine groups is 1. The lowest BCUT2D eigenvalue weighted by Gasteiger charge is -2.17. The van der Waals surface area contributed by atoms with Gasteiger partial charge < -0.3 is 20.4 Å². The third-order valence-electron chi connectivity index (χ3n) is 3.61. The number of hydrogen-bond acceptors (Lipinski definition) is 2. The number of methoxy groups -OCH3 is 1. The molecule has 0 radical (unpaired) electrons. The van der Waals surface area contributed by atoms with Crippen LogP contribution >= 0.6 is 0 Å². The maximum Gasteiger partial charge on any atom is 0.191 e. The molecule has 5 nitrogen and oxygen atoms in total. The lowest BCUT2D eigenvalue weighted by Crippen LogP contribution is -2.44. The Labute approximate surface area is 132 Å². The van der Waals surface area contributed by atoms with Crippen LogP contribution < -0.4 is 10.6 Å². The molecule has 1 unspecified atom stereocenters. The zero-order valence-electron chi connectivity index (χ0n) is 13.6. The Hall–Kier alpha value is -2.01. The molecule has 5 heteroatoms. The highest BCUT2D eigenvalue weighted by atomic mass is 16.5. The van der Waals surface area contributed by atoms with Gasteiger partial charge in [-0.25, -0.2) is 0 Å². The minimum atomic E-state index is 0.241. The SMILES string of the molecule is CN=C(NCCCc1c[nH]c2ccccc12)NC(C)COC. The molecule has 0 aliphatic heterocycles. The molecule has 0 saturated heterocycles. The number of aromatic nitrogens is 1. The van der Waals surface area contributed by atoms with E-state index in [0.717, 1.165) is 25.3 Å². The molecule has 1 atom stereocenters. The number of H-pyrrole nitrogens is 1. The second kappa shape index (κ2) is 8.44. The van der Waals surface area contributed by atoms with Crippen LogP contribution in [-0.4, -0.2) is 44.3 Å². The lowest BCUT2D eigenvalue weighted by atomic mass is 10.1. The molecule has 2 rings (SSSR count). The van der Waals surface area contributed by atoms with Crippen LogP contribution in [0.15, 0.2) is 35.5 Å². The van der Waals surface area contributed by atoms with E-state index in [4.69, 9.17) is 4.74 Å². The van der Waals surface area contributed by atoms with E-state index >= 15 is 0 Å². The van der Waals surface area contributed by atoms with E-state index in [1.807, 2.05) is 0 Å². The molecular weight excluding hydrogens is 276 g/mol. The van der Waals surface area contributed by atoms with Gasteiger partial charge in [0.2, 0.25) is 0 Å². The molecule has 22 heavy (non-hydrogen) atoms. The van der Waals surface area contributed by atoms with Gasteiger partial charge in [0.05, 0.1) is 6.61 Å². The number of ether oxygens (including phenoxy) is 1. The van der Waals surface area contributed by atoms with Crippen molar-refractivity contribution in [2.24, 2.45) is 4.99 Å². The molecule has 3 N–H and O–H groups in total. The molecule has 0 aliphatic carbocycles. The number of para-hydroxylation sites is 1. The van der Waals surface area contributed by atoms with Gasteiger partial charge in [-0.3, -0.25) is 4.99 Å². The van der Waals surface area contributed by atoms with Crippen molar-refractivity contribution in [2.75, 3.05) is 27.3 Å². The van der Waals surface area contributed by atoms with E-state index in [9.17, 15) is 0 Å². The van der Waals surface area contributed by atoms with E-state index in [0.29, 0.717) is 6.61 Å². The molecule has 0 fully saturated rings. The van der Waals surface area contributed by atoms with Gasteiger partial charge >= 0.3 is 0 Å². The van der Waals surface area contributed by atoms with Gasteiger partial charge in [-0.1, -0.05) is 18.2 Å². The minimum Gasteiger partial charge on any atom is -0.383 e. The molecule has 1 heterocycles. The van der Waals surface area contributed by atoms with Gasteiger partial charge in [0.25, 0.3) is 0 Å². The van der Waals surface area contributed by atoms with Gasteiger partial charge in [0.1, 0.15) is 0 Å². The van der Waals surface area contributed by atoms with E-state index in [2.05, 4.69) is 58.0 Å². The molecule has 2 aromatic rings. The summed E-state index contributed by atoms with van der Waals surface area (Å²) in [6, 6.07) is 8.66. The van der Waals surface area contributed by atoms with Crippen LogP contribution in [0.1, 0.15) is 18.9 Å². The highest BCUT2D eigenvalue weighted by molar-refractivity contribution is 5.83. The fourth-order valence-electron chi connectivity index (χ4n) is 2.54. The van der Waals surface area contributed by atoms with Crippen LogP contribution in [0, 0.1) is 0 Å². The zero-order chi connectivity index (χ0) is 15.8. The molecule has 0 aliphatic rings. The topological polar surface area (TPSA) is 61.4 Å². The van der Waals surface area contributed by atoms with E-state index in [-0.39, 0.29) is 6.04 Å². The quantitative estimate of drug-likeness (QED) is 0.418. The minimum absolute atomic E-state index is 0.241. The lowest BCUT2D eigenvalue weighted by molar-refractivity contribution is 0.179. The van der Waals surface area contributed by atoms with E-state index in [1.165, 1.54) is 16.5 Å². The van der Waals surface area contributed by atoms with Crippen molar-refractivity contribution in [3.63, 3.8) is 0 Å². The van der Waals surface area contributed by atoms with Gasteiger partial charge in [-0.2, -0.15) is 0 Å². The number of benzene rings is 1. The van der Waals surface area contributed by atoms with Crippen molar-refractivity contribution < 1.29 is 4.74 Å². The highest BCUT2D eigenvalue weighted by Crippen LogP contribution is 2.18. The highest BCUT2D eigenvalue weighted by Gasteiger charge is 2.05. The summed E-state index contributed by atoms with van der Waals surface area (Å²) < 4.78 is 5.12. The van der Waals surface area contributed by atoms with Crippen molar-refractivity contribution in [1.29, 1.82) is 0 Å². The Morgan fingerprint density at radius 2 is 2.18 bits per heavy atom. The second-order valence-electron chi connectivity index (χ2n) is 5.46. The van der Waals surface area contributed by atoms with Crippen LogP contribution in [0.5, 0.6) is 0 Å². The molecule has 1 aromatic carbocycles. The van der Waals surface area contributed by atoms with Gasteiger partial charge in [0, 0.05) is 43.8 Å². The molecule has 0 bridgehead atoms. The monoisotopic (exact) mass is 302 g/mol. The predicted molar refractivity (Wildman–Crippen MR) is 92.5 cm³/mol. The average Bonchev–Trinajstić information content (AvgIpc) is 2.94. The Morgan fingerprint density at radius 1 is 1.36 bits per heavy atom. The summed E-state index contributed by atoms with van der Waals surface area (Å²) in [5, 5.41) is 7.96. The van der Waals surface area contributed by atoms with Crippen molar-refractivity contribution >= 4 is 16.9 Å². The molecule has 120 valence electrons. The molecule has 0 spiro atoms. The summed E-state index contributed by atoms with van der Waals surface area (Å²) in [5.41, 5.74) is 2.57. The Bertz CT molecular complexity index is 605. The van der Waals surface area contributed by atoms with E-state index in [1.54, 1.807) is 14.2 Å². The summed E-state index contributed by atoms with van der Waals surface area (Å²) in [4.78, 5) is 7.55. The maximum atomic E-state index is 5.12. The number of hydrogen-bond donors (Lipinski definition) is 3. The molecule has 1 aromatic heterocycles. The fraction of sp³-hybridized carbons (Fsp3) is 0.471. The average molecular weight is 302 g/mol. The number of rotatable bonds is 7. The first-order valence-corrected chi connectivity index (χ1v) is 7.75. The number of fused-ring (bicyclic) bond motifs is 1. The van der Waals surface area contributed by atoms with Crippen molar-refractivity contribution in [3.8, 4) is 0 Å². The maximum absolute atomic E-state index is 5.12. The number of aromatic amines is 1. The Kier molecular flexibility index (Phi) is 6.27. The summed E-state index contributed by atoms with van der Waals surface area (Å²) >= 11 is 0. The standard InChI is InChI=1S/C17H26N4O/c1-13(12-22-3)21-17(18-2)19-10-6-7-14-11-20-16-9-5-4-8-15(14)16/h4-5,8-9,11,13,20H,6-7,10,12H2,1-3H3,(H2,18,19,21). The first kappa shape index (κ1) is 16.4. The third-order valence-corrected chi connectivity index (χ3v) is 3.61. The zero-order valence-corrected chi connectivity index (χ0v) is 13.6. The van der Waals surface area contributed by atoms with Crippen LogP contribution in [-0.2, 0) is 11.2 Å². The first-order valence-electron chi connectivity index (χ1n) is 7.75. The van der Waals surface area contributed by atoms with E-state index < -0.39 is 0 Å². The van der Waals surface area contributed by atoms with Crippen LogP contribution in [0.2, 0.25) is 0 Å². The Morgan fingerprint density at radius 3 is 2.95 bits per heavy atom. The van der Waals surface area contributed by atoms with Gasteiger partial charge in [-0.15, -0.1) is 0 Å². The fourth-order valence-corrected chi connectivity index (χ4v) is 2.54. The van der Waals surface area contributed by atoms with Crippen molar-refractivity contribution in [3.05, 3.63) is 36.0 Å². The second-order valence-corrected chi connectivity index (χ2v) is 5.46. The van der Waals surface area contributed by atoms with Crippen LogP contribution in [0.4, 0.5) is 0 Å². The number of nitrogens with zero attached hydrogens (tertiary/aromatic N) is 1. The Balaban J connectivity index is 1.76. The summed E-state index contributed by atoms with van der Waals surface area (Å²) in [6.45, 7) is 3.62. The molecular formula is C17H26N4O. The third kappa shape index (κ3) is 4.49. The summed E-state index contributed by atoms with van der Waals surface area (Å²) in [7, 11) is 3.49. The largest absolute Gasteiger partial charge is 0.383 e. The van der Waals surface area contributed by atoms with Gasteiger partial charge in [-0.05, 0) is 31.4 Å². The van der Waals surface area contributed by atoms with Crippen LogP contribution in [0.25, 0.3) is 10.9 Å². The normalized spacial score (nSPS) is 13.3. The molecule has 0 saturated carbocycles. The van der Waals surface area contributed by atoms with Crippen molar-refractivity contribution in [2.45, 2.75) is 25.8 Å². The van der Waals surface area contributed by atoms with Crippen LogP contribution in [0.3, 0.4) is 0 Å². The first-order chi connectivity index (χ1) is 10.7. The number of aryl methyl sites for hydroxylation is 1. The smallest absolute Gasteiger partial charge is 0.191 e.